The standard InChI is InChI=1S/C17H20N2O5S/c1-10(20)24-17(2,3)7-12-8-19(16(22)23-12)11-4-5-14-13(6-11)18-15(21)9-25-14/h4-6,12H,7-9H2,1-3H3,(H,18,21)/t12-/m1/s1. The summed E-state index contributed by atoms with van der Waals surface area (Å²) in [5.74, 6) is -0.0282. The number of hydrogen-bond donors (Lipinski definition) is 1. The molecule has 1 atom stereocenters. The van der Waals surface area contributed by atoms with Crippen LogP contribution in [0, 0.1) is 0 Å². The van der Waals surface area contributed by atoms with Gasteiger partial charge in [-0.15, -0.1) is 11.8 Å². The molecule has 2 heterocycles. The van der Waals surface area contributed by atoms with Crippen LogP contribution in [0.3, 0.4) is 0 Å². The number of carbonyl (C=O) groups is 3. The monoisotopic (exact) mass is 364 g/mol. The third kappa shape index (κ3) is 4.07. The van der Waals surface area contributed by atoms with Crippen molar-refractivity contribution in [2.75, 3.05) is 22.5 Å². The van der Waals surface area contributed by atoms with Crippen molar-refractivity contribution < 1.29 is 23.9 Å². The molecule has 0 saturated carbocycles. The Balaban J connectivity index is 1.72. The number of hydrogen-bond acceptors (Lipinski definition) is 6. The molecule has 0 aliphatic carbocycles. The van der Waals surface area contributed by atoms with Crippen LogP contribution in [-0.4, -0.2) is 42.0 Å². The number of nitrogens with zero attached hydrogens (tertiary/aromatic N) is 1. The van der Waals surface area contributed by atoms with E-state index in [2.05, 4.69) is 5.32 Å². The molecule has 1 aromatic rings. The molecule has 2 aliphatic heterocycles. The zero-order valence-electron chi connectivity index (χ0n) is 14.3. The maximum atomic E-state index is 12.2. The minimum absolute atomic E-state index is 0.0559. The zero-order valence-corrected chi connectivity index (χ0v) is 15.1. The van der Waals surface area contributed by atoms with E-state index in [0.717, 1.165) is 4.90 Å². The Labute approximate surface area is 150 Å². The van der Waals surface area contributed by atoms with Gasteiger partial charge in [0.2, 0.25) is 5.91 Å². The summed E-state index contributed by atoms with van der Waals surface area (Å²) in [6.07, 6.45) is -0.410. The highest BCUT2D eigenvalue weighted by Crippen LogP contribution is 2.36. The molecule has 1 fully saturated rings. The summed E-state index contributed by atoms with van der Waals surface area (Å²) in [7, 11) is 0. The van der Waals surface area contributed by atoms with Gasteiger partial charge in [-0.3, -0.25) is 14.5 Å². The number of fused-ring (bicyclic) bond motifs is 1. The van der Waals surface area contributed by atoms with E-state index in [1.54, 1.807) is 19.9 Å². The van der Waals surface area contributed by atoms with E-state index in [1.165, 1.54) is 23.6 Å². The van der Waals surface area contributed by atoms with Crippen LogP contribution in [0.25, 0.3) is 0 Å². The van der Waals surface area contributed by atoms with Crippen LogP contribution in [0.1, 0.15) is 27.2 Å². The third-order valence-electron chi connectivity index (χ3n) is 3.92. The highest BCUT2D eigenvalue weighted by molar-refractivity contribution is 8.00. The smallest absolute Gasteiger partial charge is 0.414 e. The number of cyclic esters (lactones) is 1. The number of benzene rings is 1. The van der Waals surface area contributed by atoms with E-state index in [0.29, 0.717) is 30.1 Å². The van der Waals surface area contributed by atoms with Crippen molar-refractivity contribution in [2.45, 2.75) is 43.8 Å². The van der Waals surface area contributed by atoms with E-state index >= 15 is 0 Å². The molecule has 1 saturated heterocycles. The summed E-state index contributed by atoms with van der Waals surface area (Å²) in [6.45, 7) is 5.30. The lowest BCUT2D eigenvalue weighted by molar-refractivity contribution is -0.155. The summed E-state index contributed by atoms with van der Waals surface area (Å²) in [6, 6.07) is 5.50. The molecule has 2 amide bonds. The molecular formula is C17H20N2O5S. The molecule has 1 N–H and O–H groups in total. The van der Waals surface area contributed by atoms with Gasteiger partial charge in [0.25, 0.3) is 0 Å². The largest absolute Gasteiger partial charge is 0.460 e. The van der Waals surface area contributed by atoms with Crippen molar-refractivity contribution in [1.82, 2.24) is 0 Å². The van der Waals surface area contributed by atoms with Crippen LogP contribution in [0.2, 0.25) is 0 Å². The third-order valence-corrected chi connectivity index (χ3v) is 4.99. The highest BCUT2D eigenvalue weighted by Gasteiger charge is 2.37. The summed E-state index contributed by atoms with van der Waals surface area (Å²) in [4.78, 5) is 37.4. The van der Waals surface area contributed by atoms with Crippen LogP contribution in [0.15, 0.2) is 23.1 Å². The molecular weight excluding hydrogens is 344 g/mol. The summed E-state index contributed by atoms with van der Waals surface area (Å²) in [5, 5.41) is 2.81. The number of esters is 1. The van der Waals surface area contributed by atoms with Gasteiger partial charge in [-0.2, -0.15) is 0 Å². The SMILES string of the molecule is CC(=O)OC(C)(C)C[C@@H]1CN(c2ccc3c(c2)NC(=O)CS3)C(=O)O1. The lowest BCUT2D eigenvalue weighted by Gasteiger charge is -2.26. The van der Waals surface area contributed by atoms with Gasteiger partial charge in [-0.1, -0.05) is 0 Å². The minimum Gasteiger partial charge on any atom is -0.460 e. The van der Waals surface area contributed by atoms with Crippen LogP contribution >= 0.6 is 11.8 Å². The molecule has 0 bridgehead atoms. The Morgan fingerprint density at radius 2 is 2.20 bits per heavy atom. The average Bonchev–Trinajstić information content (AvgIpc) is 2.84. The quantitative estimate of drug-likeness (QED) is 0.827. The van der Waals surface area contributed by atoms with Gasteiger partial charge in [0, 0.05) is 23.9 Å². The normalized spacial score (nSPS) is 20.0. The van der Waals surface area contributed by atoms with Crippen molar-refractivity contribution in [3.63, 3.8) is 0 Å². The second kappa shape index (κ2) is 6.59. The van der Waals surface area contributed by atoms with Crippen molar-refractivity contribution in [3.05, 3.63) is 18.2 Å². The number of anilines is 2. The summed E-state index contributed by atoms with van der Waals surface area (Å²) < 4.78 is 10.7. The average molecular weight is 364 g/mol. The van der Waals surface area contributed by atoms with Gasteiger partial charge in [-0.25, -0.2) is 4.79 Å². The molecule has 0 aromatic heterocycles. The van der Waals surface area contributed by atoms with Crippen molar-refractivity contribution in [1.29, 1.82) is 0 Å². The summed E-state index contributed by atoms with van der Waals surface area (Å²) in [5.41, 5.74) is 0.655. The molecule has 8 heteroatoms. The first-order chi connectivity index (χ1) is 11.7. The van der Waals surface area contributed by atoms with Gasteiger partial charge in [0.15, 0.2) is 0 Å². The molecule has 25 heavy (non-hydrogen) atoms. The van der Waals surface area contributed by atoms with Crippen molar-refractivity contribution in [2.24, 2.45) is 0 Å². The van der Waals surface area contributed by atoms with Gasteiger partial charge in [-0.05, 0) is 32.0 Å². The van der Waals surface area contributed by atoms with Crippen LogP contribution in [0.5, 0.6) is 0 Å². The first-order valence-corrected chi connectivity index (χ1v) is 8.96. The number of carbonyl (C=O) groups excluding carboxylic acids is 3. The van der Waals surface area contributed by atoms with Gasteiger partial charge in [0.05, 0.1) is 18.0 Å². The first-order valence-electron chi connectivity index (χ1n) is 7.98. The second-order valence-electron chi connectivity index (χ2n) is 6.69. The van der Waals surface area contributed by atoms with Crippen molar-refractivity contribution in [3.8, 4) is 0 Å². The molecule has 0 unspecified atom stereocenters. The fraction of sp³-hybridized carbons (Fsp3) is 0.471. The topological polar surface area (TPSA) is 84.9 Å². The molecule has 0 spiro atoms. The predicted molar refractivity (Wildman–Crippen MR) is 93.9 cm³/mol. The number of amides is 2. The van der Waals surface area contributed by atoms with E-state index in [1.807, 2.05) is 12.1 Å². The van der Waals surface area contributed by atoms with Crippen LogP contribution in [-0.2, 0) is 19.1 Å². The second-order valence-corrected chi connectivity index (χ2v) is 7.71. The number of nitrogens with one attached hydrogen (secondary N) is 1. The highest BCUT2D eigenvalue weighted by atomic mass is 32.2. The minimum atomic E-state index is -0.715. The van der Waals surface area contributed by atoms with E-state index < -0.39 is 11.7 Å². The Morgan fingerprint density at radius 3 is 2.92 bits per heavy atom. The Kier molecular flexibility index (Phi) is 4.64. The zero-order chi connectivity index (χ0) is 18.2. The Morgan fingerprint density at radius 1 is 1.44 bits per heavy atom. The maximum absolute atomic E-state index is 12.2. The molecule has 134 valence electrons. The molecule has 7 nitrogen and oxygen atoms in total. The van der Waals surface area contributed by atoms with Gasteiger partial charge >= 0.3 is 12.1 Å². The maximum Gasteiger partial charge on any atom is 0.414 e. The molecule has 0 radical (unpaired) electrons. The predicted octanol–water partition coefficient (Wildman–Crippen LogP) is 2.79. The number of thioether (sulfide) groups is 1. The fourth-order valence-corrected chi connectivity index (χ4v) is 3.85. The van der Waals surface area contributed by atoms with Gasteiger partial charge < -0.3 is 14.8 Å². The van der Waals surface area contributed by atoms with E-state index in [-0.39, 0.29) is 18.0 Å². The van der Waals surface area contributed by atoms with Crippen LogP contribution < -0.4 is 10.2 Å². The molecule has 3 rings (SSSR count). The first kappa shape index (κ1) is 17.6. The molecule has 1 aromatic carbocycles. The number of ether oxygens (including phenoxy) is 2. The fourth-order valence-electron chi connectivity index (χ4n) is 3.06. The summed E-state index contributed by atoms with van der Waals surface area (Å²) >= 11 is 1.47. The molecule has 2 aliphatic rings. The van der Waals surface area contributed by atoms with E-state index in [9.17, 15) is 14.4 Å². The lowest BCUT2D eigenvalue weighted by atomic mass is 10.0. The Hall–Kier alpha value is -2.22. The lowest BCUT2D eigenvalue weighted by Crippen LogP contribution is -2.33. The Bertz CT molecular complexity index is 734. The number of rotatable bonds is 4. The van der Waals surface area contributed by atoms with Crippen LogP contribution in [0.4, 0.5) is 16.2 Å². The van der Waals surface area contributed by atoms with Crippen molar-refractivity contribution >= 4 is 41.1 Å². The van der Waals surface area contributed by atoms with Gasteiger partial charge in [0.1, 0.15) is 11.7 Å². The van der Waals surface area contributed by atoms with E-state index in [4.69, 9.17) is 9.47 Å².